The van der Waals surface area contributed by atoms with E-state index in [9.17, 15) is 4.79 Å². The maximum absolute atomic E-state index is 12.1. The fourth-order valence-corrected chi connectivity index (χ4v) is 2.06. The molecule has 0 spiro atoms. The molecule has 3 heteroatoms. The van der Waals surface area contributed by atoms with Gasteiger partial charge in [-0.25, -0.2) is 0 Å². The van der Waals surface area contributed by atoms with Crippen molar-refractivity contribution in [2.75, 3.05) is 19.6 Å². The zero-order valence-corrected chi connectivity index (χ0v) is 11.0. The van der Waals surface area contributed by atoms with Crippen molar-refractivity contribution in [1.29, 1.82) is 0 Å². The van der Waals surface area contributed by atoms with Crippen molar-refractivity contribution < 1.29 is 4.79 Å². The van der Waals surface area contributed by atoms with Gasteiger partial charge >= 0.3 is 0 Å². The lowest BCUT2D eigenvalue weighted by atomic mass is 9.85. The van der Waals surface area contributed by atoms with Crippen molar-refractivity contribution >= 4 is 5.91 Å². The van der Waals surface area contributed by atoms with Crippen molar-refractivity contribution in [1.82, 2.24) is 4.90 Å². The monoisotopic (exact) mass is 226 g/mol. The van der Waals surface area contributed by atoms with Crippen molar-refractivity contribution in [3.05, 3.63) is 0 Å². The standard InChI is InChI=1S/C13H26N2O/c1-4-13(2,3)9-12(16)15-7-5-11(10-14)6-8-15/h11H,4-10,14H2,1-3H3. The van der Waals surface area contributed by atoms with Gasteiger partial charge in [0.15, 0.2) is 0 Å². The Kier molecular flexibility index (Phi) is 4.78. The minimum Gasteiger partial charge on any atom is -0.343 e. The van der Waals surface area contributed by atoms with Gasteiger partial charge in [-0.3, -0.25) is 4.79 Å². The molecule has 1 heterocycles. The fourth-order valence-electron chi connectivity index (χ4n) is 2.06. The second kappa shape index (κ2) is 5.67. The van der Waals surface area contributed by atoms with Crippen molar-refractivity contribution in [3.63, 3.8) is 0 Å². The van der Waals surface area contributed by atoms with Crippen LogP contribution in [0.1, 0.15) is 46.5 Å². The summed E-state index contributed by atoms with van der Waals surface area (Å²) in [5.41, 5.74) is 5.79. The van der Waals surface area contributed by atoms with Crippen LogP contribution in [0.15, 0.2) is 0 Å². The van der Waals surface area contributed by atoms with E-state index >= 15 is 0 Å². The molecule has 3 nitrogen and oxygen atoms in total. The topological polar surface area (TPSA) is 46.3 Å². The summed E-state index contributed by atoms with van der Waals surface area (Å²) in [6.45, 7) is 9.05. The molecule has 1 saturated heterocycles. The molecule has 0 atom stereocenters. The molecule has 0 aromatic heterocycles. The normalized spacial score (nSPS) is 18.9. The van der Waals surface area contributed by atoms with Crippen molar-refractivity contribution in [2.24, 2.45) is 17.1 Å². The molecule has 1 fully saturated rings. The first-order chi connectivity index (χ1) is 7.48. The lowest BCUT2D eigenvalue weighted by Gasteiger charge is -2.33. The summed E-state index contributed by atoms with van der Waals surface area (Å²) >= 11 is 0. The molecular formula is C13H26N2O. The number of nitrogens with two attached hydrogens (primary N) is 1. The molecule has 0 bridgehead atoms. The average molecular weight is 226 g/mol. The van der Waals surface area contributed by atoms with Crippen LogP contribution in [0, 0.1) is 11.3 Å². The zero-order chi connectivity index (χ0) is 12.2. The molecule has 0 aliphatic carbocycles. The number of nitrogens with zero attached hydrogens (tertiary/aromatic N) is 1. The fraction of sp³-hybridized carbons (Fsp3) is 0.923. The summed E-state index contributed by atoms with van der Waals surface area (Å²) in [5, 5.41) is 0. The second-order valence-corrected chi connectivity index (χ2v) is 5.75. The van der Waals surface area contributed by atoms with Crippen molar-refractivity contribution in [3.8, 4) is 0 Å². The van der Waals surface area contributed by atoms with Gasteiger partial charge in [-0.1, -0.05) is 27.2 Å². The van der Waals surface area contributed by atoms with Crippen LogP contribution in [0.5, 0.6) is 0 Å². The number of carbonyl (C=O) groups is 1. The average Bonchev–Trinajstić information content (AvgIpc) is 2.28. The number of piperidine rings is 1. The van der Waals surface area contributed by atoms with Crippen LogP contribution in [0.3, 0.4) is 0 Å². The number of carbonyl (C=O) groups excluding carboxylic acids is 1. The molecule has 94 valence electrons. The van der Waals surface area contributed by atoms with E-state index in [-0.39, 0.29) is 5.41 Å². The highest BCUT2D eigenvalue weighted by Crippen LogP contribution is 2.26. The Hall–Kier alpha value is -0.570. The maximum atomic E-state index is 12.1. The van der Waals surface area contributed by atoms with Crippen LogP contribution in [0.4, 0.5) is 0 Å². The van der Waals surface area contributed by atoms with Gasteiger partial charge in [-0.2, -0.15) is 0 Å². The van der Waals surface area contributed by atoms with Crippen LogP contribution in [-0.2, 0) is 4.79 Å². The first-order valence-electron chi connectivity index (χ1n) is 6.46. The van der Waals surface area contributed by atoms with E-state index in [0.29, 0.717) is 18.2 Å². The number of rotatable bonds is 4. The molecular weight excluding hydrogens is 200 g/mol. The zero-order valence-electron chi connectivity index (χ0n) is 11.0. The predicted molar refractivity (Wildman–Crippen MR) is 67.0 cm³/mol. The molecule has 1 aliphatic heterocycles. The van der Waals surface area contributed by atoms with E-state index in [1.165, 1.54) is 0 Å². The molecule has 1 amide bonds. The van der Waals surface area contributed by atoms with Gasteiger partial charge in [0.2, 0.25) is 5.91 Å². The Labute approximate surface area is 99.4 Å². The smallest absolute Gasteiger partial charge is 0.223 e. The summed E-state index contributed by atoms with van der Waals surface area (Å²) in [5.74, 6) is 0.950. The van der Waals surface area contributed by atoms with Crippen LogP contribution in [0.25, 0.3) is 0 Å². The third-order valence-electron chi connectivity index (χ3n) is 3.89. The minimum atomic E-state index is 0.141. The van der Waals surface area contributed by atoms with E-state index in [0.717, 1.165) is 38.9 Å². The summed E-state index contributed by atoms with van der Waals surface area (Å²) in [6.07, 6.45) is 3.89. The van der Waals surface area contributed by atoms with Gasteiger partial charge < -0.3 is 10.6 Å². The van der Waals surface area contributed by atoms with E-state index in [4.69, 9.17) is 5.73 Å². The quantitative estimate of drug-likeness (QED) is 0.797. The third kappa shape index (κ3) is 3.78. The van der Waals surface area contributed by atoms with Crippen LogP contribution in [-0.4, -0.2) is 30.4 Å². The molecule has 1 rings (SSSR count). The molecule has 0 saturated carbocycles. The van der Waals surface area contributed by atoms with E-state index in [1.807, 2.05) is 4.90 Å². The number of hydrogen-bond donors (Lipinski definition) is 1. The molecule has 0 radical (unpaired) electrons. The third-order valence-corrected chi connectivity index (χ3v) is 3.89. The van der Waals surface area contributed by atoms with Gasteiger partial charge in [0.05, 0.1) is 0 Å². The molecule has 0 aromatic carbocycles. The highest BCUT2D eigenvalue weighted by atomic mass is 16.2. The van der Waals surface area contributed by atoms with Crippen LogP contribution in [0.2, 0.25) is 0 Å². The summed E-state index contributed by atoms with van der Waals surface area (Å²) < 4.78 is 0. The van der Waals surface area contributed by atoms with Gasteiger partial charge in [0.25, 0.3) is 0 Å². The van der Waals surface area contributed by atoms with E-state index in [1.54, 1.807) is 0 Å². The molecule has 2 N–H and O–H groups in total. The van der Waals surface area contributed by atoms with Crippen molar-refractivity contribution in [2.45, 2.75) is 46.5 Å². The largest absolute Gasteiger partial charge is 0.343 e. The van der Waals surface area contributed by atoms with Crippen LogP contribution < -0.4 is 5.73 Å². The Morgan fingerprint density at radius 2 is 1.94 bits per heavy atom. The lowest BCUT2D eigenvalue weighted by molar-refractivity contribution is -0.134. The molecule has 16 heavy (non-hydrogen) atoms. The van der Waals surface area contributed by atoms with Crippen LogP contribution >= 0.6 is 0 Å². The van der Waals surface area contributed by atoms with Gasteiger partial charge in [-0.05, 0) is 30.7 Å². The predicted octanol–water partition coefficient (Wildman–Crippen LogP) is 2.01. The first-order valence-corrected chi connectivity index (χ1v) is 6.46. The SMILES string of the molecule is CCC(C)(C)CC(=O)N1CCC(CN)CC1. The van der Waals surface area contributed by atoms with Gasteiger partial charge in [0.1, 0.15) is 0 Å². The maximum Gasteiger partial charge on any atom is 0.223 e. The highest BCUT2D eigenvalue weighted by Gasteiger charge is 2.26. The first kappa shape index (κ1) is 13.5. The summed E-state index contributed by atoms with van der Waals surface area (Å²) in [4.78, 5) is 14.1. The van der Waals surface area contributed by atoms with Gasteiger partial charge in [0, 0.05) is 19.5 Å². The van der Waals surface area contributed by atoms with E-state index < -0.39 is 0 Å². The number of amides is 1. The lowest BCUT2D eigenvalue weighted by Crippen LogP contribution is -2.41. The molecule has 1 aliphatic rings. The Morgan fingerprint density at radius 1 is 1.38 bits per heavy atom. The van der Waals surface area contributed by atoms with E-state index in [2.05, 4.69) is 20.8 Å². The van der Waals surface area contributed by atoms with Gasteiger partial charge in [-0.15, -0.1) is 0 Å². The Balaban J connectivity index is 2.39. The summed E-state index contributed by atoms with van der Waals surface area (Å²) in [6, 6.07) is 0. The molecule has 0 aromatic rings. The Morgan fingerprint density at radius 3 is 2.38 bits per heavy atom. The molecule has 0 unspecified atom stereocenters. The number of likely N-dealkylation sites (tertiary alicyclic amines) is 1. The summed E-state index contributed by atoms with van der Waals surface area (Å²) in [7, 11) is 0. The second-order valence-electron chi connectivity index (χ2n) is 5.75. The Bertz CT molecular complexity index is 230. The highest BCUT2D eigenvalue weighted by molar-refractivity contribution is 5.76. The number of hydrogen-bond acceptors (Lipinski definition) is 2. The minimum absolute atomic E-state index is 0.141.